The van der Waals surface area contributed by atoms with Gasteiger partial charge in [-0.25, -0.2) is 4.98 Å². The van der Waals surface area contributed by atoms with Crippen LogP contribution in [-0.2, 0) is 6.42 Å². The monoisotopic (exact) mass is 202 g/mol. The number of rotatable bonds is 3. The van der Waals surface area contributed by atoms with Crippen molar-refractivity contribution in [1.82, 2.24) is 4.98 Å². The average molecular weight is 202 g/mol. The topological polar surface area (TPSA) is 38.1 Å². The Kier molecular flexibility index (Phi) is 2.72. The lowest BCUT2D eigenvalue weighted by Crippen LogP contribution is -1.87. The first kappa shape index (κ1) is 9.77. The molecule has 3 nitrogen and oxygen atoms in total. The van der Waals surface area contributed by atoms with Gasteiger partial charge in [-0.1, -0.05) is 29.8 Å². The number of hydrogen-bond acceptors (Lipinski definition) is 3. The minimum absolute atomic E-state index is 0.567. The normalized spacial score (nSPS) is 10.3. The van der Waals surface area contributed by atoms with Crippen molar-refractivity contribution in [2.45, 2.75) is 13.3 Å². The third-order valence-electron chi connectivity index (χ3n) is 2.23. The van der Waals surface area contributed by atoms with E-state index >= 15 is 0 Å². The van der Waals surface area contributed by atoms with E-state index in [1.54, 1.807) is 13.2 Å². The Bertz CT molecular complexity index is 448. The maximum Gasteiger partial charge on any atom is 0.294 e. The summed E-state index contributed by atoms with van der Waals surface area (Å²) in [6.45, 7) is 2.09. The smallest absolute Gasteiger partial charge is 0.294 e. The minimum atomic E-state index is 0.567. The predicted octanol–water partition coefficient (Wildman–Crippen LogP) is 2.62. The Morgan fingerprint density at radius 1 is 1.40 bits per heavy atom. The van der Waals surface area contributed by atoms with Crippen molar-refractivity contribution in [3.8, 4) is 0 Å². The van der Waals surface area contributed by atoms with E-state index in [1.807, 2.05) is 0 Å². The summed E-state index contributed by atoms with van der Waals surface area (Å²) in [7, 11) is 1.79. The highest BCUT2D eigenvalue weighted by Gasteiger charge is 2.03. The van der Waals surface area contributed by atoms with Gasteiger partial charge in [-0.05, 0) is 12.5 Å². The highest BCUT2D eigenvalue weighted by Crippen LogP contribution is 2.14. The first-order valence-corrected chi connectivity index (χ1v) is 4.96. The summed E-state index contributed by atoms with van der Waals surface area (Å²) in [5.74, 6) is 0.880. The number of oxazole rings is 1. The summed E-state index contributed by atoms with van der Waals surface area (Å²) in [6.07, 6.45) is 2.55. The molecule has 0 radical (unpaired) electrons. The van der Waals surface area contributed by atoms with Gasteiger partial charge in [0.1, 0.15) is 5.76 Å². The number of aromatic nitrogens is 1. The number of nitrogens with one attached hydrogen (secondary N) is 1. The number of hydrogen-bond donors (Lipinski definition) is 1. The van der Waals surface area contributed by atoms with E-state index in [0.29, 0.717) is 6.01 Å². The molecule has 0 aliphatic carbocycles. The Hall–Kier alpha value is -1.77. The molecule has 1 N–H and O–H groups in total. The van der Waals surface area contributed by atoms with Gasteiger partial charge in [-0.2, -0.15) is 0 Å². The van der Waals surface area contributed by atoms with E-state index in [0.717, 1.165) is 12.2 Å². The Labute approximate surface area is 89.1 Å². The van der Waals surface area contributed by atoms with Crippen molar-refractivity contribution in [3.63, 3.8) is 0 Å². The molecule has 1 heterocycles. The Balaban J connectivity index is 2.14. The van der Waals surface area contributed by atoms with Gasteiger partial charge in [-0.15, -0.1) is 0 Å². The van der Waals surface area contributed by atoms with Gasteiger partial charge in [0.15, 0.2) is 0 Å². The van der Waals surface area contributed by atoms with Crippen LogP contribution in [0.15, 0.2) is 34.9 Å². The molecular formula is C12H14N2O. The van der Waals surface area contributed by atoms with Crippen molar-refractivity contribution in [2.75, 3.05) is 12.4 Å². The molecule has 0 aliphatic heterocycles. The van der Waals surface area contributed by atoms with Crippen LogP contribution in [0.3, 0.4) is 0 Å². The van der Waals surface area contributed by atoms with Crippen molar-refractivity contribution >= 4 is 6.01 Å². The van der Waals surface area contributed by atoms with Crippen molar-refractivity contribution in [2.24, 2.45) is 0 Å². The second-order valence-electron chi connectivity index (χ2n) is 3.55. The lowest BCUT2D eigenvalue weighted by Gasteiger charge is -1.99. The summed E-state index contributed by atoms with van der Waals surface area (Å²) in [6, 6.07) is 8.96. The molecule has 15 heavy (non-hydrogen) atoms. The van der Waals surface area contributed by atoms with Crippen LogP contribution >= 0.6 is 0 Å². The summed E-state index contributed by atoms with van der Waals surface area (Å²) in [5, 5.41) is 2.87. The quantitative estimate of drug-likeness (QED) is 0.831. The summed E-state index contributed by atoms with van der Waals surface area (Å²) < 4.78 is 5.45. The molecule has 0 amide bonds. The van der Waals surface area contributed by atoms with E-state index in [2.05, 4.69) is 41.5 Å². The predicted molar refractivity (Wildman–Crippen MR) is 60.0 cm³/mol. The van der Waals surface area contributed by atoms with E-state index in [4.69, 9.17) is 4.42 Å². The maximum absolute atomic E-state index is 5.45. The number of anilines is 1. The van der Waals surface area contributed by atoms with Crippen LogP contribution in [0.2, 0.25) is 0 Å². The minimum Gasteiger partial charge on any atom is -0.428 e. The fourth-order valence-electron chi connectivity index (χ4n) is 1.53. The number of aryl methyl sites for hydroxylation is 1. The van der Waals surface area contributed by atoms with E-state index in [-0.39, 0.29) is 0 Å². The first-order chi connectivity index (χ1) is 7.28. The molecule has 2 aromatic rings. The van der Waals surface area contributed by atoms with Crippen LogP contribution in [0.4, 0.5) is 6.01 Å². The molecule has 0 aliphatic rings. The standard InChI is InChI=1S/C12H14N2O/c1-9-4-3-5-10(6-9)7-11-8-14-12(13-2)15-11/h3-6,8H,7H2,1-2H3,(H,13,14). The van der Waals surface area contributed by atoms with Crippen LogP contribution < -0.4 is 5.32 Å². The zero-order chi connectivity index (χ0) is 10.7. The largest absolute Gasteiger partial charge is 0.428 e. The maximum atomic E-state index is 5.45. The van der Waals surface area contributed by atoms with E-state index in [9.17, 15) is 0 Å². The Morgan fingerprint density at radius 3 is 2.93 bits per heavy atom. The van der Waals surface area contributed by atoms with Crippen LogP contribution in [-0.4, -0.2) is 12.0 Å². The lowest BCUT2D eigenvalue weighted by molar-refractivity contribution is 0.530. The summed E-state index contributed by atoms with van der Waals surface area (Å²) >= 11 is 0. The molecule has 0 spiro atoms. The molecule has 0 unspecified atom stereocenters. The van der Waals surface area contributed by atoms with Crippen LogP contribution in [0, 0.1) is 6.92 Å². The highest BCUT2D eigenvalue weighted by molar-refractivity contribution is 5.27. The van der Waals surface area contributed by atoms with E-state index < -0.39 is 0 Å². The third-order valence-corrected chi connectivity index (χ3v) is 2.23. The van der Waals surface area contributed by atoms with Gasteiger partial charge in [0.25, 0.3) is 6.01 Å². The first-order valence-electron chi connectivity index (χ1n) is 4.96. The fraction of sp³-hybridized carbons (Fsp3) is 0.250. The van der Waals surface area contributed by atoms with Gasteiger partial charge in [0.2, 0.25) is 0 Å². The van der Waals surface area contributed by atoms with Gasteiger partial charge in [0, 0.05) is 13.5 Å². The van der Waals surface area contributed by atoms with Crippen molar-refractivity contribution in [1.29, 1.82) is 0 Å². The lowest BCUT2D eigenvalue weighted by atomic mass is 10.1. The zero-order valence-electron chi connectivity index (χ0n) is 8.95. The van der Waals surface area contributed by atoms with Crippen molar-refractivity contribution < 1.29 is 4.42 Å². The highest BCUT2D eigenvalue weighted by atomic mass is 16.4. The SMILES string of the molecule is CNc1ncc(Cc2cccc(C)c2)o1. The number of nitrogens with zero attached hydrogens (tertiary/aromatic N) is 1. The number of benzene rings is 1. The molecule has 2 rings (SSSR count). The van der Waals surface area contributed by atoms with Crippen molar-refractivity contribution in [3.05, 3.63) is 47.3 Å². The molecule has 1 aromatic carbocycles. The third kappa shape index (κ3) is 2.37. The second-order valence-corrected chi connectivity index (χ2v) is 3.55. The fourth-order valence-corrected chi connectivity index (χ4v) is 1.53. The molecular weight excluding hydrogens is 188 g/mol. The van der Waals surface area contributed by atoms with Crippen LogP contribution in [0.5, 0.6) is 0 Å². The molecule has 0 bridgehead atoms. The molecule has 0 saturated carbocycles. The Morgan fingerprint density at radius 2 is 2.27 bits per heavy atom. The van der Waals surface area contributed by atoms with Gasteiger partial charge >= 0.3 is 0 Å². The molecule has 0 fully saturated rings. The molecule has 3 heteroatoms. The average Bonchev–Trinajstić information content (AvgIpc) is 2.65. The summed E-state index contributed by atoms with van der Waals surface area (Å²) in [5.41, 5.74) is 2.51. The van der Waals surface area contributed by atoms with Gasteiger partial charge < -0.3 is 9.73 Å². The van der Waals surface area contributed by atoms with E-state index in [1.165, 1.54) is 11.1 Å². The molecule has 1 aromatic heterocycles. The van der Waals surface area contributed by atoms with Gasteiger partial charge in [-0.3, -0.25) is 0 Å². The molecule has 78 valence electrons. The zero-order valence-corrected chi connectivity index (χ0v) is 8.95. The molecule has 0 saturated heterocycles. The summed E-state index contributed by atoms with van der Waals surface area (Å²) in [4.78, 5) is 4.08. The molecule has 0 atom stereocenters. The second kappa shape index (κ2) is 4.17. The van der Waals surface area contributed by atoms with Crippen LogP contribution in [0.1, 0.15) is 16.9 Å². The van der Waals surface area contributed by atoms with Gasteiger partial charge in [0.05, 0.1) is 6.20 Å². The van der Waals surface area contributed by atoms with Crippen LogP contribution in [0.25, 0.3) is 0 Å².